The highest BCUT2D eigenvalue weighted by Crippen LogP contribution is 2.25. The Bertz CT molecular complexity index is 852. The first-order valence-corrected chi connectivity index (χ1v) is 7.57. The number of nitrogens with zero attached hydrogens (tertiary/aromatic N) is 2. The van der Waals surface area contributed by atoms with E-state index in [0.717, 1.165) is 11.0 Å². The summed E-state index contributed by atoms with van der Waals surface area (Å²) in [5.41, 5.74) is 2.46. The van der Waals surface area contributed by atoms with Crippen molar-refractivity contribution in [3.63, 3.8) is 0 Å². The van der Waals surface area contributed by atoms with Crippen LogP contribution in [0.2, 0.25) is 5.02 Å². The van der Waals surface area contributed by atoms with Crippen LogP contribution >= 0.6 is 11.6 Å². The van der Waals surface area contributed by atoms with Crippen molar-refractivity contribution in [2.75, 3.05) is 6.61 Å². The zero-order chi connectivity index (χ0) is 16.4. The van der Waals surface area contributed by atoms with Gasteiger partial charge in [0.2, 0.25) is 5.90 Å². The van der Waals surface area contributed by atoms with Gasteiger partial charge in [-0.15, -0.1) is 0 Å². The predicted molar refractivity (Wildman–Crippen MR) is 88.7 cm³/mol. The van der Waals surface area contributed by atoms with Crippen LogP contribution in [0, 0.1) is 11.2 Å². The number of benzene rings is 1. The molecule has 0 unspecified atom stereocenters. The normalized spacial score (nSPS) is 10.9. The van der Waals surface area contributed by atoms with Crippen LogP contribution in [0.25, 0.3) is 11.0 Å². The average molecular weight is 332 g/mol. The molecular formula is C17H15ClFN3O. The van der Waals surface area contributed by atoms with Gasteiger partial charge in [0.1, 0.15) is 5.82 Å². The van der Waals surface area contributed by atoms with Crippen molar-refractivity contribution in [3.8, 4) is 0 Å². The fraction of sp³-hybridized carbons (Fsp3) is 0.176. The summed E-state index contributed by atoms with van der Waals surface area (Å²) in [5, 5.41) is 8.01. The molecule has 0 aliphatic rings. The highest BCUT2D eigenvalue weighted by atomic mass is 35.5. The van der Waals surface area contributed by atoms with Crippen LogP contribution in [-0.4, -0.2) is 22.1 Å². The molecule has 0 aliphatic heterocycles. The summed E-state index contributed by atoms with van der Waals surface area (Å²) in [4.78, 5) is 4.25. The Labute approximate surface area is 138 Å². The molecule has 23 heavy (non-hydrogen) atoms. The average Bonchev–Trinajstić information content (AvgIpc) is 2.94. The fourth-order valence-corrected chi connectivity index (χ4v) is 2.71. The second-order valence-corrected chi connectivity index (χ2v) is 5.44. The number of halogens is 2. The molecule has 0 fully saturated rings. The van der Waals surface area contributed by atoms with Crippen molar-refractivity contribution in [2.24, 2.45) is 0 Å². The van der Waals surface area contributed by atoms with E-state index in [4.69, 9.17) is 21.7 Å². The van der Waals surface area contributed by atoms with Gasteiger partial charge in [-0.2, -0.15) is 0 Å². The number of rotatable bonds is 4. The third-order valence-electron chi connectivity index (χ3n) is 3.56. The maximum atomic E-state index is 14.4. The van der Waals surface area contributed by atoms with Crippen LogP contribution in [0.4, 0.5) is 4.39 Å². The lowest BCUT2D eigenvalue weighted by Crippen LogP contribution is -2.08. The van der Waals surface area contributed by atoms with Gasteiger partial charge in [-0.1, -0.05) is 11.6 Å². The van der Waals surface area contributed by atoms with E-state index in [-0.39, 0.29) is 10.9 Å². The fourth-order valence-electron chi connectivity index (χ4n) is 2.44. The summed E-state index contributed by atoms with van der Waals surface area (Å²) in [5.74, 6) is -0.543. The molecule has 2 heterocycles. The number of hydrogen-bond donors (Lipinski definition) is 1. The van der Waals surface area contributed by atoms with Gasteiger partial charge in [0.15, 0.2) is 0 Å². The smallest absolute Gasteiger partial charge is 0.213 e. The highest BCUT2D eigenvalue weighted by Gasteiger charge is 2.14. The summed E-state index contributed by atoms with van der Waals surface area (Å²) in [7, 11) is 0. The van der Waals surface area contributed by atoms with E-state index < -0.39 is 5.82 Å². The van der Waals surface area contributed by atoms with Crippen molar-refractivity contribution in [1.29, 1.82) is 5.41 Å². The first-order valence-electron chi connectivity index (χ1n) is 7.19. The minimum atomic E-state index is -0.456. The third kappa shape index (κ3) is 3.05. The molecule has 0 atom stereocenters. The quantitative estimate of drug-likeness (QED) is 0.574. The molecule has 0 amide bonds. The molecule has 1 N–H and O–H groups in total. The first-order chi connectivity index (χ1) is 11.1. The van der Waals surface area contributed by atoms with E-state index in [2.05, 4.69) is 4.98 Å². The van der Waals surface area contributed by atoms with Crippen LogP contribution in [0.1, 0.15) is 18.1 Å². The molecule has 0 radical (unpaired) electrons. The molecule has 1 aromatic carbocycles. The second kappa shape index (κ2) is 6.38. The van der Waals surface area contributed by atoms with Crippen molar-refractivity contribution in [1.82, 2.24) is 9.55 Å². The number of hydrogen-bond acceptors (Lipinski definition) is 3. The van der Waals surface area contributed by atoms with Gasteiger partial charge in [-0.05, 0) is 37.3 Å². The Morgan fingerprint density at radius 3 is 2.96 bits per heavy atom. The van der Waals surface area contributed by atoms with Gasteiger partial charge in [-0.3, -0.25) is 10.4 Å². The van der Waals surface area contributed by atoms with E-state index >= 15 is 0 Å². The molecule has 0 aliphatic carbocycles. The Morgan fingerprint density at radius 1 is 1.39 bits per heavy atom. The van der Waals surface area contributed by atoms with Gasteiger partial charge >= 0.3 is 0 Å². The third-order valence-corrected chi connectivity index (χ3v) is 3.90. The summed E-state index contributed by atoms with van der Waals surface area (Å²) >= 11 is 6.23. The number of nitrogens with one attached hydrogen (secondary N) is 1. The Kier molecular flexibility index (Phi) is 4.30. The van der Waals surface area contributed by atoms with E-state index in [0.29, 0.717) is 24.3 Å². The number of ether oxygens (including phenoxy) is 1. The van der Waals surface area contributed by atoms with Crippen molar-refractivity contribution >= 4 is 28.5 Å². The first kappa shape index (κ1) is 15.5. The zero-order valence-corrected chi connectivity index (χ0v) is 13.3. The second-order valence-electron chi connectivity index (χ2n) is 5.03. The molecule has 0 bridgehead atoms. The topological polar surface area (TPSA) is 50.9 Å². The SMILES string of the molecule is CCOC(=N)c1cc(F)c(Cn2ccc3ncccc32)c(Cl)c1. The molecular weight excluding hydrogens is 317 g/mol. The Morgan fingerprint density at radius 2 is 2.22 bits per heavy atom. The molecule has 3 rings (SSSR count). The molecule has 2 aromatic heterocycles. The van der Waals surface area contributed by atoms with Crippen LogP contribution in [0.15, 0.2) is 42.7 Å². The van der Waals surface area contributed by atoms with E-state index in [1.807, 2.05) is 29.0 Å². The van der Waals surface area contributed by atoms with E-state index in [9.17, 15) is 4.39 Å². The minimum absolute atomic E-state index is 0.0875. The minimum Gasteiger partial charge on any atom is -0.478 e. The number of pyridine rings is 1. The van der Waals surface area contributed by atoms with E-state index in [1.54, 1.807) is 19.2 Å². The van der Waals surface area contributed by atoms with Gasteiger partial charge in [-0.25, -0.2) is 4.39 Å². The van der Waals surface area contributed by atoms with Crippen LogP contribution in [0.3, 0.4) is 0 Å². The van der Waals surface area contributed by atoms with Gasteiger partial charge in [0.05, 0.1) is 24.2 Å². The largest absolute Gasteiger partial charge is 0.478 e. The molecule has 6 heteroatoms. The maximum absolute atomic E-state index is 14.4. The van der Waals surface area contributed by atoms with Crippen LogP contribution < -0.4 is 0 Å². The highest BCUT2D eigenvalue weighted by molar-refractivity contribution is 6.31. The zero-order valence-electron chi connectivity index (χ0n) is 12.5. The van der Waals surface area contributed by atoms with E-state index in [1.165, 1.54) is 6.07 Å². The van der Waals surface area contributed by atoms with Gasteiger partial charge < -0.3 is 9.30 Å². The molecule has 0 saturated carbocycles. The number of aromatic nitrogens is 2. The molecule has 4 nitrogen and oxygen atoms in total. The van der Waals surface area contributed by atoms with Gasteiger partial charge in [0.25, 0.3) is 0 Å². The summed E-state index contributed by atoms with van der Waals surface area (Å²) < 4.78 is 21.4. The standard InChI is InChI=1S/C17H15ClFN3O/c1-2-23-17(20)11-8-13(18)12(14(19)9-11)10-22-7-5-15-16(22)4-3-6-21-15/h3-9,20H,2,10H2,1H3. The molecule has 0 spiro atoms. The van der Waals surface area contributed by atoms with Crippen molar-refractivity contribution in [2.45, 2.75) is 13.5 Å². The molecule has 3 aromatic rings. The van der Waals surface area contributed by atoms with Crippen molar-refractivity contribution in [3.05, 3.63) is 64.7 Å². The Hall–Kier alpha value is -2.40. The summed E-state index contributed by atoms with van der Waals surface area (Å²) in [6.45, 7) is 2.41. The summed E-state index contributed by atoms with van der Waals surface area (Å²) in [6.07, 6.45) is 3.57. The summed E-state index contributed by atoms with van der Waals surface area (Å²) in [6, 6.07) is 8.47. The van der Waals surface area contributed by atoms with Crippen molar-refractivity contribution < 1.29 is 9.13 Å². The lowest BCUT2D eigenvalue weighted by atomic mass is 10.1. The lowest BCUT2D eigenvalue weighted by molar-refractivity contribution is 0.325. The maximum Gasteiger partial charge on any atom is 0.213 e. The van der Waals surface area contributed by atoms with Crippen LogP contribution in [0.5, 0.6) is 0 Å². The van der Waals surface area contributed by atoms with Crippen LogP contribution in [-0.2, 0) is 11.3 Å². The predicted octanol–water partition coefficient (Wildman–Crippen LogP) is 4.24. The molecule has 118 valence electrons. The number of fused-ring (bicyclic) bond motifs is 1. The Balaban J connectivity index is 1.96. The van der Waals surface area contributed by atoms with Gasteiger partial charge in [0, 0.05) is 28.5 Å². The monoisotopic (exact) mass is 331 g/mol. The molecule has 0 saturated heterocycles. The lowest BCUT2D eigenvalue weighted by Gasteiger charge is -2.12.